The molecule has 2 heterocycles. The highest BCUT2D eigenvalue weighted by atomic mass is 15.3. The Hall–Kier alpha value is -0.830. The number of fused-ring (bicyclic) bond motifs is 1. The second-order valence-electron chi connectivity index (χ2n) is 3.14. The van der Waals surface area contributed by atoms with Crippen molar-refractivity contribution in [2.75, 3.05) is 13.6 Å². The molecule has 0 aromatic carbocycles. The van der Waals surface area contributed by atoms with Crippen LogP contribution in [0.4, 0.5) is 0 Å². The molecule has 1 aromatic heterocycles. The van der Waals surface area contributed by atoms with Crippen LogP contribution in [0.2, 0.25) is 0 Å². The van der Waals surface area contributed by atoms with Gasteiger partial charge in [-0.15, -0.1) is 0 Å². The van der Waals surface area contributed by atoms with Crippen LogP contribution in [0.3, 0.4) is 0 Å². The molecule has 15 heavy (non-hydrogen) atoms. The normalized spacial score (nSPS) is 15.0. The average Bonchev–Trinajstić information content (AvgIpc) is 2.64. The predicted molar refractivity (Wildman–Crippen MR) is 65.9 cm³/mol. The highest BCUT2D eigenvalue weighted by Gasteiger charge is 2.09. The lowest BCUT2D eigenvalue weighted by Crippen LogP contribution is -2.16. The van der Waals surface area contributed by atoms with Crippen LogP contribution in [0.15, 0.2) is 12.3 Å². The molecule has 88 valence electrons. The molecule has 0 amide bonds. The minimum atomic E-state index is 1.04. The van der Waals surface area contributed by atoms with E-state index in [0.29, 0.717) is 0 Å². The minimum absolute atomic E-state index is 1.04. The van der Waals surface area contributed by atoms with Crippen LogP contribution in [0.5, 0.6) is 0 Å². The van der Waals surface area contributed by atoms with Crippen LogP contribution in [0.25, 0.3) is 0 Å². The molecule has 0 bridgehead atoms. The van der Waals surface area contributed by atoms with E-state index < -0.39 is 0 Å². The summed E-state index contributed by atoms with van der Waals surface area (Å²) in [6.07, 6.45) is 3.10. The van der Waals surface area contributed by atoms with E-state index in [0.717, 1.165) is 13.1 Å². The molecule has 0 fully saturated rings. The topological polar surface area (TPSA) is 21.1 Å². The number of rotatable bonds is 0. The summed E-state index contributed by atoms with van der Waals surface area (Å²) in [4.78, 5) is 2.33. The molecule has 0 unspecified atom stereocenters. The quantitative estimate of drug-likeness (QED) is 0.658. The number of aromatic nitrogens is 2. The Balaban J connectivity index is 0.000000442. The molecule has 1 aliphatic rings. The molecule has 3 heteroatoms. The predicted octanol–water partition coefficient (Wildman–Crippen LogP) is 2.77. The second kappa shape index (κ2) is 8.48. The molecular formula is C12H25N3. The van der Waals surface area contributed by atoms with E-state index in [1.54, 1.807) is 0 Å². The van der Waals surface area contributed by atoms with Gasteiger partial charge in [-0.05, 0) is 19.5 Å². The van der Waals surface area contributed by atoms with E-state index in [9.17, 15) is 0 Å². The van der Waals surface area contributed by atoms with Crippen LogP contribution >= 0.6 is 0 Å². The fraction of sp³-hybridized carbons (Fsp3) is 0.750. The maximum atomic E-state index is 4.24. The van der Waals surface area contributed by atoms with Gasteiger partial charge in [-0.25, -0.2) is 0 Å². The van der Waals surface area contributed by atoms with Crippen molar-refractivity contribution < 1.29 is 0 Å². The second-order valence-corrected chi connectivity index (χ2v) is 3.14. The molecule has 1 aliphatic heterocycles. The van der Waals surface area contributed by atoms with Gasteiger partial charge in [0.05, 0.1) is 5.69 Å². The summed E-state index contributed by atoms with van der Waals surface area (Å²) in [6.45, 7) is 11.3. The number of hydrogen-bond acceptors (Lipinski definition) is 2. The largest absolute Gasteiger partial charge is 0.300 e. The lowest BCUT2D eigenvalue weighted by atomic mass is 10.4. The van der Waals surface area contributed by atoms with E-state index in [1.807, 2.05) is 33.9 Å². The molecule has 0 radical (unpaired) electrons. The van der Waals surface area contributed by atoms with Gasteiger partial charge in [-0.1, -0.05) is 27.7 Å². The molecule has 0 aliphatic carbocycles. The Morgan fingerprint density at radius 3 is 2.47 bits per heavy atom. The summed E-state index contributed by atoms with van der Waals surface area (Å²) in [7, 11) is 2.16. The maximum Gasteiger partial charge on any atom is 0.0524 e. The molecule has 0 saturated heterocycles. The van der Waals surface area contributed by atoms with Gasteiger partial charge in [0.15, 0.2) is 0 Å². The fourth-order valence-electron chi connectivity index (χ4n) is 1.54. The average molecular weight is 211 g/mol. The molecular weight excluding hydrogens is 186 g/mol. The van der Waals surface area contributed by atoms with E-state index in [-0.39, 0.29) is 0 Å². The van der Waals surface area contributed by atoms with Gasteiger partial charge in [0.25, 0.3) is 0 Å². The van der Waals surface area contributed by atoms with Gasteiger partial charge < -0.3 is 4.90 Å². The molecule has 0 N–H and O–H groups in total. The SMILES string of the molecule is CC.CC.CN1CCCn2nccc2C1. The van der Waals surface area contributed by atoms with Crippen molar-refractivity contribution in [1.29, 1.82) is 0 Å². The summed E-state index contributed by atoms with van der Waals surface area (Å²) < 4.78 is 2.10. The first-order valence-corrected chi connectivity index (χ1v) is 6.05. The van der Waals surface area contributed by atoms with Crippen LogP contribution < -0.4 is 0 Å². The van der Waals surface area contributed by atoms with Gasteiger partial charge in [-0.3, -0.25) is 4.68 Å². The Kier molecular flexibility index (Phi) is 8.01. The smallest absolute Gasteiger partial charge is 0.0524 e. The summed E-state index contributed by atoms with van der Waals surface area (Å²) in [5.41, 5.74) is 1.34. The van der Waals surface area contributed by atoms with Crippen LogP contribution in [-0.2, 0) is 13.1 Å². The first-order valence-electron chi connectivity index (χ1n) is 6.05. The zero-order valence-electron chi connectivity index (χ0n) is 10.8. The molecule has 3 nitrogen and oxygen atoms in total. The lowest BCUT2D eigenvalue weighted by molar-refractivity contribution is 0.332. The summed E-state index contributed by atoms with van der Waals surface area (Å²) in [5, 5.41) is 4.24. The minimum Gasteiger partial charge on any atom is -0.300 e. The van der Waals surface area contributed by atoms with Crippen LogP contribution in [0, 0.1) is 0 Å². The van der Waals surface area contributed by atoms with Crippen LogP contribution in [-0.4, -0.2) is 28.3 Å². The molecule has 0 atom stereocenters. The first-order chi connectivity index (χ1) is 7.36. The van der Waals surface area contributed by atoms with E-state index in [2.05, 4.69) is 27.8 Å². The van der Waals surface area contributed by atoms with Crippen LogP contribution in [0.1, 0.15) is 39.8 Å². The van der Waals surface area contributed by atoms with E-state index >= 15 is 0 Å². The molecule has 1 aromatic rings. The zero-order valence-corrected chi connectivity index (χ0v) is 10.8. The van der Waals surface area contributed by atoms with Gasteiger partial charge in [0, 0.05) is 25.8 Å². The fourth-order valence-corrected chi connectivity index (χ4v) is 1.54. The molecule has 0 saturated carbocycles. The Labute approximate surface area is 94.1 Å². The zero-order chi connectivity index (χ0) is 11.7. The Morgan fingerprint density at radius 2 is 1.80 bits per heavy atom. The molecule has 2 rings (SSSR count). The Morgan fingerprint density at radius 1 is 1.13 bits per heavy atom. The van der Waals surface area contributed by atoms with Crippen molar-refractivity contribution in [3.63, 3.8) is 0 Å². The van der Waals surface area contributed by atoms with Crippen molar-refractivity contribution in [2.24, 2.45) is 0 Å². The summed E-state index contributed by atoms with van der Waals surface area (Å²) in [6, 6.07) is 2.10. The van der Waals surface area contributed by atoms with E-state index in [1.165, 1.54) is 18.7 Å². The monoisotopic (exact) mass is 211 g/mol. The summed E-state index contributed by atoms with van der Waals surface area (Å²) >= 11 is 0. The van der Waals surface area contributed by atoms with Crippen molar-refractivity contribution >= 4 is 0 Å². The first kappa shape index (κ1) is 14.2. The number of hydrogen-bond donors (Lipinski definition) is 0. The standard InChI is InChI=1S/C8H13N3.2C2H6/c1-10-5-2-6-11-8(7-10)3-4-9-11;2*1-2/h3-4H,2,5-7H2,1H3;2*1-2H3. The number of nitrogens with zero attached hydrogens (tertiary/aromatic N) is 3. The third kappa shape index (κ3) is 4.47. The Bertz CT molecular complexity index is 243. The van der Waals surface area contributed by atoms with Gasteiger partial charge >= 0.3 is 0 Å². The van der Waals surface area contributed by atoms with E-state index in [4.69, 9.17) is 0 Å². The van der Waals surface area contributed by atoms with Gasteiger partial charge in [0.1, 0.15) is 0 Å². The van der Waals surface area contributed by atoms with Crippen molar-refractivity contribution in [2.45, 2.75) is 47.2 Å². The lowest BCUT2D eigenvalue weighted by Gasteiger charge is -2.10. The van der Waals surface area contributed by atoms with Gasteiger partial charge in [-0.2, -0.15) is 5.10 Å². The highest BCUT2D eigenvalue weighted by molar-refractivity contribution is 5.01. The third-order valence-corrected chi connectivity index (χ3v) is 2.15. The number of aryl methyl sites for hydroxylation is 1. The van der Waals surface area contributed by atoms with Gasteiger partial charge in [0.2, 0.25) is 0 Å². The third-order valence-electron chi connectivity index (χ3n) is 2.15. The van der Waals surface area contributed by atoms with Crippen molar-refractivity contribution in [3.05, 3.63) is 18.0 Å². The summed E-state index contributed by atoms with van der Waals surface area (Å²) in [5.74, 6) is 0. The van der Waals surface area contributed by atoms with Crippen molar-refractivity contribution in [3.8, 4) is 0 Å². The van der Waals surface area contributed by atoms with Crippen molar-refractivity contribution in [1.82, 2.24) is 14.7 Å². The highest BCUT2D eigenvalue weighted by Crippen LogP contribution is 2.08. The maximum absolute atomic E-state index is 4.24. The molecule has 0 spiro atoms.